The second-order valence-corrected chi connectivity index (χ2v) is 18.0. The maximum absolute atomic E-state index is 6.03. The number of anilines is 1. The molecule has 0 bridgehead atoms. The van der Waals surface area contributed by atoms with Crippen LogP contribution in [-0.2, 0) is 0 Å². The van der Waals surface area contributed by atoms with Crippen LogP contribution in [0, 0.1) is 0 Å². The van der Waals surface area contributed by atoms with Gasteiger partial charge < -0.3 is 4.23 Å². The third kappa shape index (κ3) is 3.98. The van der Waals surface area contributed by atoms with Crippen molar-refractivity contribution >= 4 is 44.0 Å². The van der Waals surface area contributed by atoms with E-state index in [0.29, 0.717) is 0 Å². The lowest BCUT2D eigenvalue weighted by Crippen LogP contribution is -2.59. The fourth-order valence-electron chi connectivity index (χ4n) is 2.57. The van der Waals surface area contributed by atoms with Crippen LogP contribution in [0.5, 0.6) is 0 Å². The molecule has 0 aliphatic carbocycles. The lowest BCUT2D eigenvalue weighted by molar-refractivity contribution is 1.31. The molecule has 0 saturated heterocycles. The summed E-state index contributed by atoms with van der Waals surface area (Å²) >= 11 is 6.03. The van der Waals surface area contributed by atoms with E-state index >= 15 is 0 Å². The molecule has 0 fully saturated rings. The van der Waals surface area contributed by atoms with Gasteiger partial charge in [-0.15, -0.1) is 11.6 Å². The van der Waals surface area contributed by atoms with Gasteiger partial charge in [-0.05, 0) is 17.7 Å². The lowest BCUT2D eigenvalue weighted by atomic mass is 10.2. The molecule has 0 N–H and O–H groups in total. The van der Waals surface area contributed by atoms with E-state index in [-0.39, 0.29) is 5.00 Å². The lowest BCUT2D eigenvalue weighted by Gasteiger charge is -2.46. The Hall–Kier alpha value is -0.0394. The molecular weight excluding hydrogens is 290 g/mol. The molecule has 0 amide bonds. The Kier molecular flexibility index (Phi) is 4.92. The molecule has 1 rings (SSSR count). The van der Waals surface area contributed by atoms with Gasteiger partial charge in [0.25, 0.3) is 0 Å². The van der Waals surface area contributed by atoms with Crippen LogP contribution < -0.4 is 4.23 Å². The van der Waals surface area contributed by atoms with Gasteiger partial charge in [-0.2, -0.15) is 0 Å². The highest BCUT2D eigenvalue weighted by Crippen LogP contribution is 2.29. The quantitative estimate of drug-likeness (QED) is 0.581. The SMILES string of the molecule is C[Si](C)(C)N(c1ccc(C([Si])Cl)cc1)[Si](C)(C)C. The van der Waals surface area contributed by atoms with Gasteiger partial charge in [0.05, 0.1) is 10.2 Å². The molecule has 3 radical (unpaired) electrons. The molecule has 99 valence electrons. The normalized spacial score (nSPS) is 14.4. The summed E-state index contributed by atoms with van der Waals surface area (Å²) in [5.74, 6) is 0. The van der Waals surface area contributed by atoms with Gasteiger partial charge in [-0.1, -0.05) is 51.4 Å². The number of halogens is 1. The largest absolute Gasteiger partial charge is 0.425 e. The molecule has 0 spiro atoms. The fourth-order valence-corrected chi connectivity index (χ4v) is 12.8. The van der Waals surface area contributed by atoms with E-state index in [0.717, 1.165) is 5.56 Å². The molecule has 0 saturated carbocycles. The van der Waals surface area contributed by atoms with Crippen molar-refractivity contribution in [3.8, 4) is 0 Å². The van der Waals surface area contributed by atoms with Gasteiger partial charge in [0.2, 0.25) is 0 Å². The zero-order valence-electron chi connectivity index (χ0n) is 12.2. The minimum atomic E-state index is -1.36. The molecule has 0 aromatic heterocycles. The second kappa shape index (κ2) is 5.53. The van der Waals surface area contributed by atoms with Crippen molar-refractivity contribution in [1.29, 1.82) is 0 Å². The van der Waals surface area contributed by atoms with Crippen molar-refractivity contribution in [2.45, 2.75) is 44.3 Å². The third-order valence-corrected chi connectivity index (χ3v) is 10.6. The van der Waals surface area contributed by atoms with E-state index < -0.39 is 16.5 Å². The van der Waals surface area contributed by atoms with Gasteiger partial charge in [-0.25, -0.2) is 0 Å². The molecule has 1 nitrogen and oxygen atoms in total. The monoisotopic (exact) mass is 312 g/mol. The fraction of sp³-hybridized carbons (Fsp3) is 0.538. The Morgan fingerprint density at radius 3 is 1.61 bits per heavy atom. The van der Waals surface area contributed by atoms with Gasteiger partial charge >= 0.3 is 0 Å². The second-order valence-electron chi connectivity index (χ2n) is 6.63. The van der Waals surface area contributed by atoms with Crippen molar-refractivity contribution in [1.82, 2.24) is 0 Å². The Balaban J connectivity index is 3.16. The van der Waals surface area contributed by atoms with Crippen molar-refractivity contribution in [3.63, 3.8) is 0 Å². The first-order chi connectivity index (χ1) is 8.03. The summed E-state index contributed by atoms with van der Waals surface area (Å²) in [4.78, 5) is 0. The Labute approximate surface area is 122 Å². The number of nitrogens with zero attached hydrogens (tertiary/aromatic N) is 1. The summed E-state index contributed by atoms with van der Waals surface area (Å²) in [6.45, 7) is 14.5. The van der Waals surface area contributed by atoms with Crippen LogP contribution in [0.4, 0.5) is 5.69 Å². The average molecular weight is 313 g/mol. The number of alkyl halides is 1. The Morgan fingerprint density at radius 2 is 1.33 bits per heavy atom. The molecule has 18 heavy (non-hydrogen) atoms. The smallest absolute Gasteiger partial charge is 0.138 e. The van der Waals surface area contributed by atoms with Gasteiger partial charge in [0.15, 0.2) is 0 Å². The maximum atomic E-state index is 6.03. The predicted molar refractivity (Wildman–Crippen MR) is 90.0 cm³/mol. The Morgan fingerprint density at radius 1 is 0.944 bits per heavy atom. The summed E-state index contributed by atoms with van der Waals surface area (Å²) < 4.78 is 2.71. The summed E-state index contributed by atoms with van der Waals surface area (Å²) in [6.07, 6.45) is 0. The molecule has 0 heterocycles. The van der Waals surface area contributed by atoms with E-state index in [1.165, 1.54) is 5.69 Å². The molecule has 1 atom stereocenters. The van der Waals surface area contributed by atoms with Crippen molar-refractivity contribution in [2.24, 2.45) is 0 Å². The highest BCUT2D eigenvalue weighted by Gasteiger charge is 2.34. The van der Waals surface area contributed by atoms with E-state index in [1.54, 1.807) is 0 Å². The third-order valence-electron chi connectivity index (χ3n) is 2.79. The van der Waals surface area contributed by atoms with Crippen molar-refractivity contribution in [2.75, 3.05) is 4.23 Å². The van der Waals surface area contributed by atoms with Crippen LogP contribution in [0.25, 0.3) is 0 Å². The molecular formula is C13H23ClNSi3. The van der Waals surface area contributed by atoms with Crippen LogP contribution in [0.15, 0.2) is 24.3 Å². The number of hydrogen-bond donors (Lipinski definition) is 0. The van der Waals surface area contributed by atoms with Crippen LogP contribution >= 0.6 is 11.6 Å². The van der Waals surface area contributed by atoms with E-state index in [9.17, 15) is 0 Å². The van der Waals surface area contributed by atoms with E-state index in [1.807, 2.05) is 0 Å². The number of hydrogen-bond acceptors (Lipinski definition) is 1. The summed E-state index contributed by atoms with van der Waals surface area (Å²) in [5.41, 5.74) is 2.46. The van der Waals surface area contributed by atoms with Crippen LogP contribution in [0.2, 0.25) is 39.3 Å². The van der Waals surface area contributed by atoms with Gasteiger partial charge in [-0.3, -0.25) is 0 Å². The first-order valence-corrected chi connectivity index (χ1v) is 14.2. The zero-order valence-corrected chi connectivity index (χ0v) is 16.0. The highest BCUT2D eigenvalue weighted by molar-refractivity contribution is 6.99. The first kappa shape index (κ1) is 16.0. The Bertz CT molecular complexity index is 376. The van der Waals surface area contributed by atoms with Crippen LogP contribution in [0.1, 0.15) is 10.6 Å². The average Bonchev–Trinajstić information content (AvgIpc) is 2.13. The summed E-state index contributed by atoms with van der Waals surface area (Å²) in [5, 5.41) is -0.105. The van der Waals surface area contributed by atoms with E-state index in [4.69, 9.17) is 11.6 Å². The van der Waals surface area contributed by atoms with Crippen molar-refractivity contribution in [3.05, 3.63) is 29.8 Å². The zero-order chi connectivity index (χ0) is 14.1. The molecule has 1 aromatic carbocycles. The molecule has 0 aliphatic heterocycles. The minimum Gasteiger partial charge on any atom is -0.425 e. The topological polar surface area (TPSA) is 3.24 Å². The molecule has 1 aromatic rings. The van der Waals surface area contributed by atoms with Crippen LogP contribution in [-0.4, -0.2) is 26.7 Å². The standard InChI is InChI=1S/C13H23ClNSi3/c1-17(2,3)15(18(4,5)6)12-9-7-11(8-10-12)13(14)16/h7-10,13H,1-6H3. The van der Waals surface area contributed by atoms with E-state index in [2.05, 4.69) is 78.0 Å². The number of rotatable bonds is 4. The minimum absolute atomic E-state index is 0.105. The summed E-state index contributed by atoms with van der Waals surface area (Å²) in [7, 11) is 0.728. The van der Waals surface area contributed by atoms with Crippen molar-refractivity contribution < 1.29 is 0 Å². The van der Waals surface area contributed by atoms with Gasteiger partial charge in [0.1, 0.15) is 16.5 Å². The molecule has 1 unspecified atom stereocenters. The highest BCUT2D eigenvalue weighted by atomic mass is 35.5. The van der Waals surface area contributed by atoms with Crippen LogP contribution in [0.3, 0.4) is 0 Å². The predicted octanol–water partition coefficient (Wildman–Crippen LogP) is 4.57. The maximum Gasteiger partial charge on any atom is 0.138 e. The first-order valence-electron chi connectivity index (χ1n) is 6.29. The number of benzene rings is 1. The summed E-state index contributed by atoms with van der Waals surface area (Å²) in [6, 6.07) is 8.66. The molecule has 0 aliphatic rings. The van der Waals surface area contributed by atoms with Gasteiger partial charge in [0, 0.05) is 10.7 Å². The molecule has 5 heteroatoms.